The maximum Gasteiger partial charge on any atom is 0.410 e. The highest BCUT2D eigenvalue weighted by atomic mass is 16.6. The Morgan fingerprint density at radius 3 is 2.56 bits per heavy atom. The van der Waals surface area contributed by atoms with Gasteiger partial charge in [-0.15, -0.1) is 0 Å². The van der Waals surface area contributed by atoms with E-state index in [4.69, 9.17) is 4.74 Å². The molecule has 2 aliphatic rings. The Kier molecular flexibility index (Phi) is 6.05. The maximum atomic E-state index is 12.8. The second-order valence-corrected chi connectivity index (χ2v) is 10.7. The Balaban J connectivity index is 1.24. The molecule has 36 heavy (non-hydrogen) atoms. The first-order valence-electron chi connectivity index (χ1n) is 12.4. The van der Waals surface area contributed by atoms with Gasteiger partial charge in [-0.25, -0.2) is 14.8 Å². The van der Waals surface area contributed by atoms with Crippen LogP contribution in [0.4, 0.5) is 16.3 Å². The van der Waals surface area contributed by atoms with E-state index in [0.717, 1.165) is 48.0 Å². The van der Waals surface area contributed by atoms with E-state index in [1.165, 1.54) is 6.20 Å². The van der Waals surface area contributed by atoms with Crippen LogP contribution in [-0.2, 0) is 11.8 Å². The molecule has 1 unspecified atom stereocenters. The average Bonchev–Trinajstić information content (AvgIpc) is 3.38. The van der Waals surface area contributed by atoms with E-state index in [9.17, 15) is 9.59 Å². The average molecular weight is 492 g/mol. The molecule has 10 nitrogen and oxygen atoms in total. The molecule has 2 aromatic heterocycles. The van der Waals surface area contributed by atoms with Gasteiger partial charge in [0.25, 0.3) is 5.91 Å². The van der Waals surface area contributed by atoms with Gasteiger partial charge in [0.05, 0.1) is 24.0 Å². The van der Waals surface area contributed by atoms with Crippen LogP contribution in [0.1, 0.15) is 56.1 Å². The Morgan fingerprint density at radius 1 is 1.11 bits per heavy atom. The number of nitrogens with zero attached hydrogens (tertiary/aromatic N) is 6. The van der Waals surface area contributed by atoms with Gasteiger partial charge in [0.15, 0.2) is 0 Å². The van der Waals surface area contributed by atoms with Crippen LogP contribution in [-0.4, -0.2) is 67.4 Å². The largest absolute Gasteiger partial charge is 0.444 e. The van der Waals surface area contributed by atoms with Gasteiger partial charge in [0.2, 0.25) is 0 Å². The summed E-state index contributed by atoms with van der Waals surface area (Å²) in [6.45, 7) is 9.04. The van der Waals surface area contributed by atoms with Crippen molar-refractivity contribution in [2.45, 2.75) is 64.6 Å². The van der Waals surface area contributed by atoms with Gasteiger partial charge < -0.3 is 19.9 Å². The Labute approximate surface area is 210 Å². The lowest BCUT2D eigenvalue weighted by Gasteiger charge is -2.31. The summed E-state index contributed by atoms with van der Waals surface area (Å²) in [4.78, 5) is 38.6. The van der Waals surface area contributed by atoms with Crippen molar-refractivity contribution in [3.63, 3.8) is 0 Å². The summed E-state index contributed by atoms with van der Waals surface area (Å²) < 4.78 is 7.42. The first-order chi connectivity index (χ1) is 17.1. The minimum absolute atomic E-state index is 0.0718. The molecule has 1 aromatic carbocycles. The number of hydrogen-bond acceptors (Lipinski definition) is 7. The van der Waals surface area contributed by atoms with E-state index in [2.05, 4.69) is 25.3 Å². The van der Waals surface area contributed by atoms with Crippen LogP contribution in [0.2, 0.25) is 0 Å². The van der Waals surface area contributed by atoms with Crippen molar-refractivity contribution >= 4 is 34.4 Å². The van der Waals surface area contributed by atoms with Crippen molar-refractivity contribution in [2.75, 3.05) is 23.3 Å². The molecule has 0 radical (unpaired) electrons. The number of nitrogens with one attached hydrogen (secondary N) is 1. The molecule has 2 fully saturated rings. The fourth-order valence-electron chi connectivity index (χ4n) is 4.66. The van der Waals surface area contributed by atoms with Gasteiger partial charge >= 0.3 is 6.09 Å². The summed E-state index contributed by atoms with van der Waals surface area (Å²) in [5, 5.41) is 8.30. The van der Waals surface area contributed by atoms with Gasteiger partial charge in [-0.05, 0) is 64.7 Å². The Morgan fingerprint density at radius 2 is 1.89 bits per heavy atom. The van der Waals surface area contributed by atoms with Crippen molar-refractivity contribution in [1.82, 2.24) is 24.6 Å². The zero-order chi connectivity index (χ0) is 25.6. The molecular formula is C26H33N7O3. The van der Waals surface area contributed by atoms with Gasteiger partial charge in [0, 0.05) is 43.4 Å². The van der Waals surface area contributed by atoms with E-state index in [1.54, 1.807) is 10.9 Å². The van der Waals surface area contributed by atoms with Gasteiger partial charge in [0.1, 0.15) is 17.1 Å². The maximum absolute atomic E-state index is 12.8. The minimum Gasteiger partial charge on any atom is -0.444 e. The predicted molar refractivity (Wildman–Crippen MR) is 137 cm³/mol. The molecule has 0 bridgehead atoms. The monoisotopic (exact) mass is 491 g/mol. The van der Waals surface area contributed by atoms with E-state index >= 15 is 0 Å². The van der Waals surface area contributed by atoms with Crippen LogP contribution in [0.15, 0.2) is 30.7 Å². The molecular weight excluding hydrogens is 458 g/mol. The van der Waals surface area contributed by atoms with E-state index < -0.39 is 5.60 Å². The number of hydrogen-bond donors (Lipinski definition) is 1. The first kappa shape index (κ1) is 24.0. The number of carbonyl (C=O) groups excluding carboxylic acids is 2. The van der Waals surface area contributed by atoms with Crippen molar-refractivity contribution in [2.24, 2.45) is 7.05 Å². The molecule has 0 spiro atoms. The molecule has 1 aliphatic heterocycles. The number of carbonyl (C=O) groups is 2. The zero-order valence-electron chi connectivity index (χ0n) is 21.5. The van der Waals surface area contributed by atoms with E-state index in [1.807, 2.05) is 58.0 Å². The summed E-state index contributed by atoms with van der Waals surface area (Å²) in [5.41, 5.74) is 2.25. The number of ether oxygens (including phenoxy) is 1. The molecule has 5 rings (SSSR count). The molecule has 1 saturated heterocycles. The summed E-state index contributed by atoms with van der Waals surface area (Å²) >= 11 is 0. The second-order valence-electron chi connectivity index (χ2n) is 10.7. The zero-order valence-corrected chi connectivity index (χ0v) is 21.5. The number of fused-ring (bicyclic) bond motifs is 1. The molecule has 1 aliphatic carbocycles. The second kappa shape index (κ2) is 9.07. The van der Waals surface area contributed by atoms with Crippen molar-refractivity contribution < 1.29 is 14.3 Å². The minimum atomic E-state index is -0.521. The number of amides is 2. The molecule has 1 atom stereocenters. The van der Waals surface area contributed by atoms with Gasteiger partial charge in [-0.1, -0.05) is 0 Å². The number of aromatic nitrogens is 4. The number of benzene rings is 1. The highest BCUT2D eigenvalue weighted by molar-refractivity contribution is 6.04. The fourth-order valence-corrected chi connectivity index (χ4v) is 4.66. The highest BCUT2D eigenvalue weighted by Gasteiger charge is 2.42. The van der Waals surface area contributed by atoms with Gasteiger partial charge in [-0.2, -0.15) is 5.10 Å². The van der Waals surface area contributed by atoms with Crippen LogP contribution in [0.5, 0.6) is 0 Å². The summed E-state index contributed by atoms with van der Waals surface area (Å²) in [6, 6.07) is 4.20. The fraction of sp³-hybridized carbons (Fsp3) is 0.500. The molecule has 3 aromatic rings. The van der Waals surface area contributed by atoms with Crippen molar-refractivity contribution in [1.29, 1.82) is 0 Å². The standard InChI is InChI=1S/C26H33N7O3/c1-16-10-21-17(14-31(5)30-21)11-20(16)29-24(34)22-12-28-23(13-27-22)32-9-8-19(15-32)33(18-6-7-18)25(35)36-26(2,3)4/h10-14,18-19H,6-9,15H2,1-5H3,(H,29,34). The summed E-state index contributed by atoms with van der Waals surface area (Å²) in [7, 11) is 1.87. The summed E-state index contributed by atoms with van der Waals surface area (Å²) in [6.07, 6.45) is 7.69. The number of rotatable bonds is 5. The van der Waals surface area contributed by atoms with E-state index in [-0.39, 0.29) is 29.8 Å². The number of anilines is 2. The SMILES string of the molecule is Cc1cc2nn(C)cc2cc1NC(=O)c1cnc(N2CCC(N(C(=O)OC(C)(C)C)C3CC3)C2)cn1. The first-order valence-corrected chi connectivity index (χ1v) is 12.4. The normalized spacial score (nSPS) is 17.9. The molecule has 3 heterocycles. The van der Waals surface area contributed by atoms with Crippen LogP contribution >= 0.6 is 0 Å². The molecule has 1 saturated carbocycles. The third-order valence-corrected chi connectivity index (χ3v) is 6.51. The number of aryl methyl sites for hydroxylation is 2. The third-order valence-electron chi connectivity index (χ3n) is 6.51. The molecule has 2 amide bonds. The molecule has 10 heteroatoms. The lowest BCUT2D eigenvalue weighted by Crippen LogP contribution is -2.46. The summed E-state index contributed by atoms with van der Waals surface area (Å²) in [5.74, 6) is 0.381. The lowest BCUT2D eigenvalue weighted by molar-refractivity contribution is 0.0158. The quantitative estimate of drug-likeness (QED) is 0.577. The van der Waals surface area contributed by atoms with Crippen LogP contribution in [0, 0.1) is 6.92 Å². The topological polar surface area (TPSA) is 105 Å². The van der Waals surface area contributed by atoms with E-state index in [0.29, 0.717) is 12.4 Å². The van der Waals surface area contributed by atoms with Crippen LogP contribution in [0.25, 0.3) is 10.9 Å². The lowest BCUT2D eigenvalue weighted by atomic mass is 10.1. The Hall–Kier alpha value is -3.69. The van der Waals surface area contributed by atoms with Crippen LogP contribution < -0.4 is 10.2 Å². The van der Waals surface area contributed by atoms with Crippen molar-refractivity contribution in [3.8, 4) is 0 Å². The molecule has 190 valence electrons. The Bertz CT molecular complexity index is 1290. The molecule has 1 N–H and O–H groups in total. The van der Waals surface area contributed by atoms with Crippen LogP contribution in [0.3, 0.4) is 0 Å². The van der Waals surface area contributed by atoms with Crippen molar-refractivity contribution in [3.05, 3.63) is 42.0 Å². The smallest absolute Gasteiger partial charge is 0.410 e. The third kappa shape index (κ3) is 5.12. The highest BCUT2D eigenvalue weighted by Crippen LogP contribution is 2.33. The predicted octanol–water partition coefficient (Wildman–Crippen LogP) is 3.90. The van der Waals surface area contributed by atoms with Gasteiger partial charge in [-0.3, -0.25) is 9.48 Å².